The largest absolute Gasteiger partial charge is 0.322 e. The monoisotopic (exact) mass is 257 g/mol. The van der Waals surface area contributed by atoms with Crippen LogP contribution in [0.25, 0.3) is 0 Å². The van der Waals surface area contributed by atoms with Crippen molar-refractivity contribution >= 4 is 23.4 Å². The number of amides is 1. The van der Waals surface area contributed by atoms with Gasteiger partial charge in [-0.15, -0.1) is 11.8 Å². The fraction of sp³-hybridized carbons (Fsp3) is 0.133. The highest BCUT2D eigenvalue weighted by atomic mass is 32.2. The summed E-state index contributed by atoms with van der Waals surface area (Å²) >= 11 is 1.63. The molecule has 0 bridgehead atoms. The highest BCUT2D eigenvalue weighted by molar-refractivity contribution is 7.98. The molecule has 0 fully saturated rings. The molecule has 0 aliphatic carbocycles. The Balaban J connectivity index is 2.14. The molecule has 0 aromatic heterocycles. The lowest BCUT2D eigenvalue weighted by Crippen LogP contribution is -2.11. The number of hydrogen-bond acceptors (Lipinski definition) is 2. The van der Waals surface area contributed by atoms with Crippen molar-refractivity contribution in [2.45, 2.75) is 11.8 Å². The molecule has 1 N–H and O–H groups in total. The van der Waals surface area contributed by atoms with Crippen molar-refractivity contribution in [3.8, 4) is 0 Å². The van der Waals surface area contributed by atoms with E-state index in [1.807, 2.05) is 61.7 Å². The SMILES string of the molecule is CSc1cccc(C(=O)Nc2ccc(C)cc2)c1. The third kappa shape index (κ3) is 3.14. The van der Waals surface area contributed by atoms with Gasteiger partial charge in [0.25, 0.3) is 5.91 Å². The molecule has 2 rings (SSSR count). The third-order valence-corrected chi connectivity index (χ3v) is 3.37. The topological polar surface area (TPSA) is 29.1 Å². The van der Waals surface area contributed by atoms with Crippen molar-refractivity contribution in [2.75, 3.05) is 11.6 Å². The molecule has 0 aliphatic heterocycles. The second-order valence-electron chi connectivity index (χ2n) is 4.05. The van der Waals surface area contributed by atoms with E-state index in [4.69, 9.17) is 0 Å². The molecule has 92 valence electrons. The molecule has 0 radical (unpaired) electrons. The van der Waals surface area contributed by atoms with Crippen LogP contribution in [0.3, 0.4) is 0 Å². The fourth-order valence-electron chi connectivity index (χ4n) is 1.60. The Morgan fingerprint density at radius 3 is 2.50 bits per heavy atom. The molecule has 0 spiro atoms. The van der Waals surface area contributed by atoms with E-state index in [2.05, 4.69) is 5.32 Å². The van der Waals surface area contributed by atoms with Gasteiger partial charge in [-0.2, -0.15) is 0 Å². The standard InChI is InChI=1S/C15H15NOS/c1-11-6-8-13(9-7-11)16-15(17)12-4-3-5-14(10-12)18-2/h3-10H,1-2H3,(H,16,17). The second kappa shape index (κ2) is 5.74. The van der Waals surface area contributed by atoms with Crippen LogP contribution in [0.4, 0.5) is 5.69 Å². The number of rotatable bonds is 3. The maximum absolute atomic E-state index is 12.0. The molecule has 18 heavy (non-hydrogen) atoms. The summed E-state index contributed by atoms with van der Waals surface area (Å²) in [6, 6.07) is 15.4. The molecular formula is C15H15NOS. The third-order valence-electron chi connectivity index (χ3n) is 2.64. The summed E-state index contributed by atoms with van der Waals surface area (Å²) in [6.45, 7) is 2.02. The molecule has 2 nitrogen and oxygen atoms in total. The van der Waals surface area contributed by atoms with E-state index in [-0.39, 0.29) is 5.91 Å². The van der Waals surface area contributed by atoms with E-state index in [9.17, 15) is 4.79 Å². The molecular weight excluding hydrogens is 242 g/mol. The van der Waals surface area contributed by atoms with Crippen LogP contribution >= 0.6 is 11.8 Å². The Bertz CT molecular complexity index is 549. The Morgan fingerprint density at radius 2 is 1.83 bits per heavy atom. The van der Waals surface area contributed by atoms with Gasteiger partial charge in [0.05, 0.1) is 0 Å². The summed E-state index contributed by atoms with van der Waals surface area (Å²) in [5, 5.41) is 2.89. The Kier molecular flexibility index (Phi) is 4.05. The zero-order valence-corrected chi connectivity index (χ0v) is 11.3. The Labute approximate surface area is 111 Å². The lowest BCUT2D eigenvalue weighted by Gasteiger charge is -2.06. The van der Waals surface area contributed by atoms with Gasteiger partial charge in [-0.1, -0.05) is 23.8 Å². The van der Waals surface area contributed by atoms with Gasteiger partial charge in [0, 0.05) is 16.1 Å². The highest BCUT2D eigenvalue weighted by Crippen LogP contribution is 2.17. The van der Waals surface area contributed by atoms with E-state index in [0.29, 0.717) is 5.56 Å². The van der Waals surface area contributed by atoms with Crippen LogP contribution in [-0.2, 0) is 0 Å². The van der Waals surface area contributed by atoms with Crippen molar-refractivity contribution in [2.24, 2.45) is 0 Å². The predicted molar refractivity (Wildman–Crippen MR) is 77.4 cm³/mol. The van der Waals surface area contributed by atoms with E-state index in [1.54, 1.807) is 11.8 Å². The van der Waals surface area contributed by atoms with E-state index >= 15 is 0 Å². The lowest BCUT2D eigenvalue weighted by atomic mass is 10.2. The summed E-state index contributed by atoms with van der Waals surface area (Å²) in [5.74, 6) is -0.0743. The minimum Gasteiger partial charge on any atom is -0.322 e. The quantitative estimate of drug-likeness (QED) is 0.843. The molecule has 3 heteroatoms. The Morgan fingerprint density at radius 1 is 1.11 bits per heavy atom. The smallest absolute Gasteiger partial charge is 0.255 e. The van der Waals surface area contributed by atoms with Gasteiger partial charge in [0.2, 0.25) is 0 Å². The van der Waals surface area contributed by atoms with Gasteiger partial charge < -0.3 is 5.32 Å². The first-order valence-electron chi connectivity index (χ1n) is 5.71. The van der Waals surface area contributed by atoms with Crippen molar-refractivity contribution < 1.29 is 4.79 Å². The number of benzene rings is 2. The van der Waals surface area contributed by atoms with Crippen LogP contribution in [0, 0.1) is 6.92 Å². The van der Waals surface area contributed by atoms with Crippen molar-refractivity contribution in [3.05, 3.63) is 59.7 Å². The normalized spacial score (nSPS) is 10.1. The highest BCUT2D eigenvalue weighted by Gasteiger charge is 2.06. The van der Waals surface area contributed by atoms with Gasteiger partial charge >= 0.3 is 0 Å². The number of carbonyl (C=O) groups excluding carboxylic acids is 1. The maximum atomic E-state index is 12.0. The fourth-order valence-corrected chi connectivity index (χ4v) is 2.06. The molecule has 0 unspecified atom stereocenters. The van der Waals surface area contributed by atoms with E-state index < -0.39 is 0 Å². The second-order valence-corrected chi connectivity index (χ2v) is 4.93. The molecule has 1 amide bonds. The lowest BCUT2D eigenvalue weighted by molar-refractivity contribution is 0.102. The first-order valence-corrected chi connectivity index (χ1v) is 6.93. The van der Waals surface area contributed by atoms with Gasteiger partial charge in [-0.25, -0.2) is 0 Å². The summed E-state index contributed by atoms with van der Waals surface area (Å²) in [6.07, 6.45) is 2.00. The molecule has 2 aromatic rings. The van der Waals surface area contributed by atoms with Gasteiger partial charge in [0.15, 0.2) is 0 Å². The maximum Gasteiger partial charge on any atom is 0.255 e. The molecule has 0 saturated heterocycles. The van der Waals surface area contributed by atoms with Gasteiger partial charge in [0.1, 0.15) is 0 Å². The van der Waals surface area contributed by atoms with Crippen LogP contribution in [0.2, 0.25) is 0 Å². The number of carbonyl (C=O) groups is 1. The molecule has 0 heterocycles. The van der Waals surface area contributed by atoms with Crippen molar-refractivity contribution in [3.63, 3.8) is 0 Å². The summed E-state index contributed by atoms with van der Waals surface area (Å²) in [5.41, 5.74) is 2.68. The zero-order chi connectivity index (χ0) is 13.0. The number of aryl methyl sites for hydroxylation is 1. The minimum absolute atomic E-state index is 0.0743. The van der Waals surface area contributed by atoms with Gasteiger partial charge in [-0.3, -0.25) is 4.79 Å². The zero-order valence-electron chi connectivity index (χ0n) is 10.4. The average molecular weight is 257 g/mol. The number of hydrogen-bond donors (Lipinski definition) is 1. The van der Waals surface area contributed by atoms with Crippen LogP contribution in [0.1, 0.15) is 15.9 Å². The van der Waals surface area contributed by atoms with Crippen molar-refractivity contribution in [1.82, 2.24) is 0 Å². The molecule has 0 atom stereocenters. The van der Waals surface area contributed by atoms with Crippen molar-refractivity contribution in [1.29, 1.82) is 0 Å². The van der Waals surface area contributed by atoms with Crippen LogP contribution in [0.15, 0.2) is 53.4 Å². The van der Waals surface area contributed by atoms with E-state index in [1.165, 1.54) is 5.56 Å². The number of nitrogens with one attached hydrogen (secondary N) is 1. The van der Waals surface area contributed by atoms with Gasteiger partial charge in [-0.05, 0) is 43.5 Å². The van der Waals surface area contributed by atoms with Crippen LogP contribution in [-0.4, -0.2) is 12.2 Å². The molecule has 0 aliphatic rings. The van der Waals surface area contributed by atoms with Crippen LogP contribution < -0.4 is 5.32 Å². The van der Waals surface area contributed by atoms with Crippen LogP contribution in [0.5, 0.6) is 0 Å². The summed E-state index contributed by atoms with van der Waals surface area (Å²) < 4.78 is 0. The summed E-state index contributed by atoms with van der Waals surface area (Å²) in [7, 11) is 0. The molecule has 2 aromatic carbocycles. The Hall–Kier alpha value is -1.74. The summed E-state index contributed by atoms with van der Waals surface area (Å²) in [4.78, 5) is 13.1. The number of anilines is 1. The first-order chi connectivity index (χ1) is 8.69. The minimum atomic E-state index is -0.0743. The average Bonchev–Trinajstić information content (AvgIpc) is 2.41. The predicted octanol–water partition coefficient (Wildman–Crippen LogP) is 3.97. The molecule has 0 saturated carbocycles. The first kappa shape index (κ1) is 12.7. The number of thioether (sulfide) groups is 1. The van der Waals surface area contributed by atoms with E-state index in [0.717, 1.165) is 10.6 Å².